The molecule has 0 spiro atoms. The third kappa shape index (κ3) is 4.24. The summed E-state index contributed by atoms with van der Waals surface area (Å²) in [6.07, 6.45) is -5.99. The predicted octanol–water partition coefficient (Wildman–Crippen LogP) is 5.77. The molecule has 0 saturated carbocycles. The van der Waals surface area contributed by atoms with Crippen molar-refractivity contribution in [3.05, 3.63) is 95.1 Å². The molecule has 35 heavy (non-hydrogen) atoms. The average molecular weight is 481 g/mol. The van der Waals surface area contributed by atoms with Crippen molar-refractivity contribution in [1.29, 1.82) is 0 Å². The monoisotopic (exact) mass is 481 g/mol. The summed E-state index contributed by atoms with van der Waals surface area (Å²) in [6, 6.07) is 19.4. The van der Waals surface area contributed by atoms with E-state index in [-0.39, 0.29) is 18.9 Å². The maximum atomic E-state index is 13.1. The van der Waals surface area contributed by atoms with Crippen molar-refractivity contribution in [2.75, 3.05) is 6.61 Å². The minimum absolute atomic E-state index is 0.0194. The molecular weight excluding hydrogens is 459 g/mol. The third-order valence-corrected chi connectivity index (χ3v) is 6.54. The fraction of sp³-hybridized carbons (Fsp3) is 0.259. The molecule has 3 aromatic rings. The Bertz CT molecular complexity index is 1230. The highest BCUT2D eigenvalue weighted by Crippen LogP contribution is 2.44. The van der Waals surface area contributed by atoms with E-state index in [9.17, 15) is 22.8 Å². The summed E-state index contributed by atoms with van der Waals surface area (Å²) in [5.41, 5.74) is 4.01. The van der Waals surface area contributed by atoms with Gasteiger partial charge in [0.25, 0.3) is 0 Å². The van der Waals surface area contributed by atoms with Gasteiger partial charge < -0.3 is 9.47 Å². The van der Waals surface area contributed by atoms with Gasteiger partial charge in [-0.15, -0.1) is 0 Å². The van der Waals surface area contributed by atoms with Gasteiger partial charge in [-0.05, 0) is 46.9 Å². The van der Waals surface area contributed by atoms with E-state index in [0.29, 0.717) is 5.56 Å². The van der Waals surface area contributed by atoms with Gasteiger partial charge in [-0.1, -0.05) is 60.7 Å². The number of hydrogen-bond acceptors (Lipinski definition) is 4. The second kappa shape index (κ2) is 8.76. The number of carbonyl (C=O) groups excluding carboxylic acids is 2. The minimum Gasteiger partial charge on any atom is -0.448 e. The second-order valence-electron chi connectivity index (χ2n) is 8.66. The Morgan fingerprint density at radius 2 is 1.51 bits per heavy atom. The first-order valence-electron chi connectivity index (χ1n) is 11.2. The van der Waals surface area contributed by atoms with Gasteiger partial charge in [0.05, 0.1) is 5.56 Å². The van der Waals surface area contributed by atoms with Gasteiger partial charge >= 0.3 is 18.2 Å². The van der Waals surface area contributed by atoms with Crippen LogP contribution in [0.15, 0.2) is 72.8 Å². The molecule has 2 atom stereocenters. The number of amides is 1. The van der Waals surface area contributed by atoms with E-state index < -0.39 is 36.1 Å². The molecule has 0 N–H and O–H groups in total. The number of rotatable bonds is 4. The predicted molar refractivity (Wildman–Crippen MR) is 121 cm³/mol. The first-order valence-corrected chi connectivity index (χ1v) is 11.2. The Kier molecular flexibility index (Phi) is 5.75. The van der Waals surface area contributed by atoms with E-state index in [2.05, 4.69) is 0 Å². The SMILES string of the molecule is CC1OC(=O)[C@H](Cc2ccc(C(F)(F)F)cc2)N1C(=O)OCC1c2ccccc2-c2ccccc21. The van der Waals surface area contributed by atoms with Gasteiger partial charge in [-0.2, -0.15) is 13.2 Å². The number of hydrogen-bond donors (Lipinski definition) is 0. The average Bonchev–Trinajstić information content (AvgIpc) is 3.30. The van der Waals surface area contributed by atoms with Crippen LogP contribution >= 0.6 is 0 Å². The highest BCUT2D eigenvalue weighted by Gasteiger charge is 2.44. The summed E-state index contributed by atoms with van der Waals surface area (Å²) in [4.78, 5) is 26.8. The number of alkyl halides is 3. The van der Waals surface area contributed by atoms with E-state index >= 15 is 0 Å². The van der Waals surface area contributed by atoms with Crippen LogP contribution in [0.4, 0.5) is 18.0 Å². The van der Waals surface area contributed by atoms with E-state index in [1.165, 1.54) is 17.0 Å². The lowest BCUT2D eigenvalue weighted by Crippen LogP contribution is -2.43. The largest absolute Gasteiger partial charge is 0.448 e. The third-order valence-electron chi connectivity index (χ3n) is 6.54. The Labute approximate surface area is 200 Å². The first kappa shape index (κ1) is 23.0. The van der Waals surface area contributed by atoms with Crippen LogP contribution in [-0.2, 0) is 26.9 Å². The zero-order chi connectivity index (χ0) is 24.7. The molecule has 3 aromatic carbocycles. The maximum absolute atomic E-state index is 13.1. The van der Waals surface area contributed by atoms with E-state index in [1.54, 1.807) is 6.92 Å². The summed E-state index contributed by atoms with van der Waals surface area (Å²) in [5.74, 6) is -0.764. The van der Waals surface area contributed by atoms with Crippen molar-refractivity contribution in [1.82, 2.24) is 4.90 Å². The van der Waals surface area contributed by atoms with Gasteiger partial charge in [0.1, 0.15) is 12.6 Å². The lowest BCUT2D eigenvalue weighted by molar-refractivity contribution is -0.142. The highest BCUT2D eigenvalue weighted by molar-refractivity contribution is 5.85. The fourth-order valence-corrected chi connectivity index (χ4v) is 4.85. The Hall–Kier alpha value is -3.81. The van der Waals surface area contributed by atoms with Crippen LogP contribution in [0.3, 0.4) is 0 Å². The topological polar surface area (TPSA) is 55.8 Å². The van der Waals surface area contributed by atoms with E-state index in [1.807, 2.05) is 48.5 Å². The van der Waals surface area contributed by atoms with Crippen molar-refractivity contribution in [2.24, 2.45) is 0 Å². The molecule has 5 nitrogen and oxygen atoms in total. The molecule has 8 heteroatoms. The van der Waals surface area contributed by atoms with Gasteiger partial charge in [0.2, 0.25) is 0 Å². The van der Waals surface area contributed by atoms with Crippen molar-refractivity contribution in [3.8, 4) is 11.1 Å². The molecule has 0 aromatic heterocycles. The molecule has 0 bridgehead atoms. The number of benzene rings is 3. The molecule has 1 aliphatic carbocycles. The Balaban J connectivity index is 1.32. The molecule has 1 aliphatic heterocycles. The van der Waals surface area contributed by atoms with Crippen LogP contribution < -0.4 is 0 Å². The summed E-state index contributed by atoms with van der Waals surface area (Å²) < 4.78 is 49.5. The maximum Gasteiger partial charge on any atom is 0.416 e. The fourth-order valence-electron chi connectivity index (χ4n) is 4.85. The smallest absolute Gasteiger partial charge is 0.416 e. The molecule has 0 radical (unpaired) electrons. The normalized spacial score (nSPS) is 19.3. The Morgan fingerprint density at radius 1 is 0.943 bits per heavy atom. The second-order valence-corrected chi connectivity index (χ2v) is 8.66. The van der Waals surface area contributed by atoms with Crippen LogP contribution in [-0.4, -0.2) is 35.8 Å². The minimum atomic E-state index is -4.45. The molecule has 1 fully saturated rings. The summed E-state index contributed by atoms with van der Waals surface area (Å²) in [6.45, 7) is 1.64. The van der Waals surface area contributed by atoms with Crippen molar-refractivity contribution < 1.29 is 32.2 Å². The summed E-state index contributed by atoms with van der Waals surface area (Å²) in [5, 5.41) is 0. The zero-order valence-corrected chi connectivity index (χ0v) is 18.8. The number of ether oxygens (including phenoxy) is 2. The molecule has 180 valence electrons. The summed E-state index contributed by atoms with van der Waals surface area (Å²) in [7, 11) is 0. The summed E-state index contributed by atoms with van der Waals surface area (Å²) >= 11 is 0. The van der Waals surface area contributed by atoms with Crippen LogP contribution in [0, 0.1) is 0 Å². The van der Waals surface area contributed by atoms with Crippen molar-refractivity contribution in [2.45, 2.75) is 37.7 Å². The van der Waals surface area contributed by atoms with Crippen molar-refractivity contribution >= 4 is 12.1 Å². The lowest BCUT2D eigenvalue weighted by atomic mass is 9.98. The number of fused-ring (bicyclic) bond motifs is 3. The van der Waals surface area contributed by atoms with E-state index in [0.717, 1.165) is 34.4 Å². The van der Waals surface area contributed by atoms with Crippen LogP contribution in [0.1, 0.15) is 35.1 Å². The van der Waals surface area contributed by atoms with Crippen LogP contribution in [0.25, 0.3) is 11.1 Å². The van der Waals surface area contributed by atoms with Crippen LogP contribution in [0.2, 0.25) is 0 Å². The molecule has 1 amide bonds. The van der Waals surface area contributed by atoms with Crippen LogP contribution in [0.5, 0.6) is 0 Å². The molecule has 1 heterocycles. The van der Waals surface area contributed by atoms with E-state index in [4.69, 9.17) is 9.47 Å². The number of cyclic esters (lactones) is 1. The molecular formula is C27H22F3NO4. The molecule has 5 rings (SSSR count). The highest BCUT2D eigenvalue weighted by atomic mass is 19.4. The standard InChI is InChI=1S/C27H22F3NO4/c1-16-31(24(25(32)35-16)14-17-10-12-18(13-11-17)27(28,29)30)26(33)34-15-23-21-8-4-2-6-19(21)20-7-3-5-9-22(20)23/h2-13,16,23-24H,14-15H2,1H3/t16?,24-/m0/s1. The lowest BCUT2D eigenvalue weighted by Gasteiger charge is -2.24. The quantitative estimate of drug-likeness (QED) is 0.444. The van der Waals surface area contributed by atoms with Gasteiger partial charge in [-0.25, -0.2) is 9.59 Å². The van der Waals surface area contributed by atoms with Gasteiger partial charge in [0.15, 0.2) is 6.23 Å². The Morgan fingerprint density at radius 3 is 2.09 bits per heavy atom. The number of halogens is 3. The number of esters is 1. The number of carbonyl (C=O) groups is 2. The zero-order valence-electron chi connectivity index (χ0n) is 18.8. The van der Waals surface area contributed by atoms with Gasteiger partial charge in [0, 0.05) is 12.3 Å². The molecule has 1 unspecified atom stereocenters. The number of nitrogens with zero attached hydrogens (tertiary/aromatic N) is 1. The van der Waals surface area contributed by atoms with Gasteiger partial charge in [-0.3, -0.25) is 4.90 Å². The first-order chi connectivity index (χ1) is 16.7. The van der Waals surface area contributed by atoms with Crippen molar-refractivity contribution in [3.63, 3.8) is 0 Å². The molecule has 1 saturated heterocycles. The molecule has 2 aliphatic rings.